The summed E-state index contributed by atoms with van der Waals surface area (Å²) in [5.41, 5.74) is 1.08. The molecule has 6 heteroatoms. The Labute approximate surface area is 143 Å². The number of aryl methyl sites for hydroxylation is 2. The molecule has 0 amide bonds. The van der Waals surface area contributed by atoms with E-state index in [1.54, 1.807) is 23.6 Å². The van der Waals surface area contributed by atoms with E-state index in [9.17, 15) is 0 Å². The van der Waals surface area contributed by atoms with E-state index in [1.165, 1.54) is 9.71 Å². The molecule has 0 fully saturated rings. The van der Waals surface area contributed by atoms with Gasteiger partial charge in [0.15, 0.2) is 11.6 Å². The number of hydrogen-bond acceptors (Lipinski definition) is 5. The number of benzene rings is 1. The van der Waals surface area contributed by atoms with E-state index in [-0.39, 0.29) is 6.61 Å². The molecule has 1 N–H and O–H groups in total. The minimum atomic E-state index is -0.0989. The second-order valence-corrected chi connectivity index (χ2v) is 6.66. The van der Waals surface area contributed by atoms with E-state index < -0.39 is 0 Å². The van der Waals surface area contributed by atoms with Crippen molar-refractivity contribution < 1.29 is 9.52 Å². The van der Waals surface area contributed by atoms with Crippen LogP contribution in [0.15, 0.2) is 53.2 Å². The van der Waals surface area contributed by atoms with Crippen molar-refractivity contribution in [2.45, 2.75) is 26.0 Å². The van der Waals surface area contributed by atoms with Crippen LogP contribution in [0.3, 0.4) is 0 Å². The summed E-state index contributed by atoms with van der Waals surface area (Å²) in [5, 5.41) is 10.3. The van der Waals surface area contributed by atoms with Gasteiger partial charge in [-0.15, -0.1) is 11.3 Å². The van der Waals surface area contributed by atoms with Gasteiger partial charge in [0.2, 0.25) is 0 Å². The molecule has 1 aromatic carbocycles. The highest BCUT2D eigenvalue weighted by Gasteiger charge is 2.11. The SMILES string of the molecule is OCc1ccc(-c2nccn2CCCc2nc3ccccc3s2)o1. The first-order valence-corrected chi connectivity index (χ1v) is 8.70. The average Bonchev–Trinajstić information content (AvgIpc) is 3.33. The molecule has 24 heavy (non-hydrogen) atoms. The lowest BCUT2D eigenvalue weighted by Gasteiger charge is -2.05. The minimum Gasteiger partial charge on any atom is -0.455 e. The van der Waals surface area contributed by atoms with Crippen LogP contribution < -0.4 is 0 Å². The van der Waals surface area contributed by atoms with Crippen molar-refractivity contribution >= 4 is 21.6 Å². The molecule has 3 heterocycles. The van der Waals surface area contributed by atoms with Gasteiger partial charge in [0.25, 0.3) is 0 Å². The average molecular weight is 339 g/mol. The van der Waals surface area contributed by atoms with E-state index in [0.29, 0.717) is 11.5 Å². The number of thiazole rings is 1. The van der Waals surface area contributed by atoms with E-state index in [2.05, 4.69) is 26.7 Å². The fourth-order valence-corrected chi connectivity index (χ4v) is 3.73. The molecule has 0 saturated heterocycles. The second-order valence-electron chi connectivity index (χ2n) is 5.55. The van der Waals surface area contributed by atoms with Gasteiger partial charge in [0, 0.05) is 25.4 Å². The Kier molecular flexibility index (Phi) is 4.15. The number of aliphatic hydroxyl groups is 1. The van der Waals surface area contributed by atoms with Crippen LogP contribution in [-0.2, 0) is 19.6 Å². The smallest absolute Gasteiger partial charge is 0.176 e. The molecular formula is C18H17N3O2S. The fraction of sp³-hybridized carbons (Fsp3) is 0.222. The number of aliphatic hydroxyl groups excluding tert-OH is 1. The van der Waals surface area contributed by atoms with Crippen LogP contribution in [0.25, 0.3) is 21.8 Å². The van der Waals surface area contributed by atoms with Gasteiger partial charge in [-0.3, -0.25) is 0 Å². The van der Waals surface area contributed by atoms with Gasteiger partial charge < -0.3 is 14.1 Å². The van der Waals surface area contributed by atoms with Crippen LogP contribution in [0.5, 0.6) is 0 Å². The van der Waals surface area contributed by atoms with Gasteiger partial charge in [-0.2, -0.15) is 0 Å². The van der Waals surface area contributed by atoms with Crippen LogP contribution in [0, 0.1) is 0 Å². The topological polar surface area (TPSA) is 64.1 Å². The molecule has 0 saturated carbocycles. The highest BCUT2D eigenvalue weighted by molar-refractivity contribution is 7.18. The van der Waals surface area contributed by atoms with Gasteiger partial charge >= 0.3 is 0 Å². The van der Waals surface area contributed by atoms with Gasteiger partial charge in [0.05, 0.1) is 15.2 Å². The lowest BCUT2D eigenvalue weighted by molar-refractivity contribution is 0.248. The first-order chi connectivity index (χ1) is 11.8. The molecular weight excluding hydrogens is 322 g/mol. The van der Waals surface area contributed by atoms with Crippen LogP contribution in [0.2, 0.25) is 0 Å². The highest BCUT2D eigenvalue weighted by Crippen LogP contribution is 2.24. The second kappa shape index (κ2) is 6.59. The van der Waals surface area contributed by atoms with Crippen molar-refractivity contribution in [2.75, 3.05) is 0 Å². The predicted octanol–water partition coefficient (Wildman–Crippen LogP) is 3.88. The molecule has 4 aromatic rings. The van der Waals surface area contributed by atoms with E-state index >= 15 is 0 Å². The van der Waals surface area contributed by atoms with Crippen molar-refractivity contribution in [1.29, 1.82) is 0 Å². The third-order valence-electron chi connectivity index (χ3n) is 3.88. The summed E-state index contributed by atoms with van der Waals surface area (Å²) in [4.78, 5) is 9.04. The fourth-order valence-electron chi connectivity index (χ4n) is 2.73. The molecule has 0 unspecified atom stereocenters. The summed E-state index contributed by atoms with van der Waals surface area (Å²) in [5.74, 6) is 2.03. The Morgan fingerprint density at radius 3 is 2.92 bits per heavy atom. The maximum atomic E-state index is 9.12. The number of para-hydroxylation sites is 1. The molecule has 4 rings (SSSR count). The number of rotatable bonds is 6. The molecule has 3 aromatic heterocycles. The Balaban J connectivity index is 1.44. The van der Waals surface area contributed by atoms with E-state index in [0.717, 1.165) is 30.7 Å². The number of fused-ring (bicyclic) bond motifs is 1. The van der Waals surface area contributed by atoms with Gasteiger partial charge in [0.1, 0.15) is 12.4 Å². The molecule has 0 radical (unpaired) electrons. The molecule has 0 spiro atoms. The summed E-state index contributed by atoms with van der Waals surface area (Å²) >= 11 is 1.76. The zero-order chi connectivity index (χ0) is 16.4. The van der Waals surface area contributed by atoms with Crippen molar-refractivity contribution in [3.8, 4) is 11.6 Å². The maximum absolute atomic E-state index is 9.12. The van der Waals surface area contributed by atoms with Crippen LogP contribution in [0.4, 0.5) is 0 Å². The Bertz CT molecular complexity index is 921. The van der Waals surface area contributed by atoms with Crippen molar-refractivity contribution in [3.63, 3.8) is 0 Å². The van der Waals surface area contributed by atoms with Crippen molar-refractivity contribution in [2.24, 2.45) is 0 Å². The summed E-state index contributed by atoms with van der Waals surface area (Å²) in [6.45, 7) is 0.749. The molecule has 5 nitrogen and oxygen atoms in total. The van der Waals surface area contributed by atoms with E-state index in [1.807, 2.05) is 24.4 Å². The number of imidazole rings is 1. The lowest BCUT2D eigenvalue weighted by atomic mass is 10.3. The molecule has 0 aliphatic rings. The summed E-state index contributed by atoms with van der Waals surface area (Å²) in [7, 11) is 0. The van der Waals surface area contributed by atoms with Crippen LogP contribution >= 0.6 is 11.3 Å². The predicted molar refractivity (Wildman–Crippen MR) is 93.8 cm³/mol. The summed E-state index contributed by atoms with van der Waals surface area (Å²) in [6, 6.07) is 11.9. The van der Waals surface area contributed by atoms with Gasteiger partial charge in [-0.25, -0.2) is 9.97 Å². The maximum Gasteiger partial charge on any atom is 0.176 e. The normalized spacial score (nSPS) is 11.4. The Morgan fingerprint density at radius 1 is 1.17 bits per heavy atom. The summed E-state index contributed by atoms with van der Waals surface area (Å²) in [6.07, 6.45) is 5.65. The first-order valence-electron chi connectivity index (χ1n) is 7.89. The largest absolute Gasteiger partial charge is 0.455 e. The van der Waals surface area contributed by atoms with Gasteiger partial charge in [-0.1, -0.05) is 12.1 Å². The summed E-state index contributed by atoms with van der Waals surface area (Å²) < 4.78 is 8.89. The number of nitrogens with zero attached hydrogens (tertiary/aromatic N) is 3. The Hall–Kier alpha value is -2.44. The Morgan fingerprint density at radius 2 is 2.08 bits per heavy atom. The first kappa shape index (κ1) is 15.1. The molecule has 0 aliphatic heterocycles. The van der Waals surface area contributed by atoms with E-state index in [4.69, 9.17) is 9.52 Å². The third kappa shape index (κ3) is 2.98. The molecule has 0 atom stereocenters. The number of hydrogen-bond donors (Lipinski definition) is 1. The van der Waals surface area contributed by atoms with Gasteiger partial charge in [-0.05, 0) is 30.7 Å². The number of aromatic nitrogens is 3. The van der Waals surface area contributed by atoms with Crippen LogP contribution in [0.1, 0.15) is 17.2 Å². The minimum absolute atomic E-state index is 0.0989. The zero-order valence-electron chi connectivity index (χ0n) is 13.1. The van der Waals surface area contributed by atoms with Crippen molar-refractivity contribution in [1.82, 2.24) is 14.5 Å². The number of furan rings is 1. The molecule has 0 aliphatic carbocycles. The monoisotopic (exact) mass is 339 g/mol. The molecule has 122 valence electrons. The quantitative estimate of drug-likeness (QED) is 0.579. The molecule has 0 bridgehead atoms. The highest BCUT2D eigenvalue weighted by atomic mass is 32.1. The van der Waals surface area contributed by atoms with Crippen LogP contribution in [-0.4, -0.2) is 19.6 Å². The third-order valence-corrected chi connectivity index (χ3v) is 4.98. The standard InChI is InChI=1S/C18H17N3O2S/c22-12-13-7-8-15(23-13)18-19-9-11-21(18)10-3-6-17-20-14-4-1-2-5-16(14)24-17/h1-2,4-5,7-9,11,22H,3,6,10,12H2. The zero-order valence-corrected chi connectivity index (χ0v) is 13.9. The lowest BCUT2D eigenvalue weighted by Crippen LogP contribution is -2.00. The van der Waals surface area contributed by atoms with Crippen molar-refractivity contribution in [3.05, 3.63) is 59.6 Å².